The van der Waals surface area contributed by atoms with E-state index >= 15 is 0 Å². The van der Waals surface area contributed by atoms with Gasteiger partial charge in [0.2, 0.25) is 0 Å². The molecular formula is C16H18N4O6. The number of hydrogen-bond donors (Lipinski definition) is 4. The van der Waals surface area contributed by atoms with Gasteiger partial charge in [0.25, 0.3) is 0 Å². The van der Waals surface area contributed by atoms with Crippen LogP contribution in [0.5, 0.6) is 0 Å². The number of nitrogen functional groups attached to an aromatic ring is 1. The Morgan fingerprint density at radius 3 is 2.88 bits per heavy atom. The fraction of sp³-hybridized carbons (Fsp3) is 0.438. The van der Waals surface area contributed by atoms with Crippen LogP contribution in [0, 0.1) is 11.8 Å². The summed E-state index contributed by atoms with van der Waals surface area (Å²) in [4.78, 5) is 19.4. The van der Waals surface area contributed by atoms with Gasteiger partial charge in [-0.2, -0.15) is 0 Å². The summed E-state index contributed by atoms with van der Waals surface area (Å²) in [7, 11) is 1.21. The minimum atomic E-state index is -1.72. The highest BCUT2D eigenvalue weighted by atomic mass is 16.6. The van der Waals surface area contributed by atoms with Crippen LogP contribution in [0.4, 0.5) is 5.82 Å². The molecule has 3 unspecified atom stereocenters. The third-order valence-corrected chi connectivity index (χ3v) is 4.31. The van der Waals surface area contributed by atoms with Crippen LogP contribution < -0.4 is 5.73 Å². The van der Waals surface area contributed by atoms with Crippen LogP contribution in [0.25, 0.3) is 11.0 Å². The normalized spacial score (nSPS) is 28.0. The van der Waals surface area contributed by atoms with Crippen molar-refractivity contribution in [3.63, 3.8) is 0 Å². The molecule has 10 nitrogen and oxygen atoms in total. The zero-order valence-corrected chi connectivity index (χ0v) is 14.1. The van der Waals surface area contributed by atoms with E-state index in [9.17, 15) is 20.1 Å². The number of nitrogens with two attached hydrogens (primary N) is 1. The summed E-state index contributed by atoms with van der Waals surface area (Å²) in [6.07, 6.45) is -0.651. The molecule has 1 aliphatic rings. The van der Waals surface area contributed by atoms with E-state index in [0.717, 1.165) is 0 Å². The topological polar surface area (TPSA) is 153 Å². The monoisotopic (exact) mass is 362 g/mol. The fourth-order valence-corrected chi connectivity index (χ4v) is 2.94. The summed E-state index contributed by atoms with van der Waals surface area (Å²) < 4.78 is 11.5. The number of carbonyl (C=O) groups is 1. The van der Waals surface area contributed by atoms with Gasteiger partial charge in [0.1, 0.15) is 35.6 Å². The number of methoxy groups -OCH3 is 1. The van der Waals surface area contributed by atoms with Gasteiger partial charge in [-0.25, -0.2) is 14.8 Å². The van der Waals surface area contributed by atoms with Gasteiger partial charge in [-0.15, -0.1) is 0 Å². The largest absolute Gasteiger partial charge is 0.459 e. The average Bonchev–Trinajstić information content (AvgIpc) is 3.09. The number of aromatic nitrogens is 3. The van der Waals surface area contributed by atoms with Crippen LogP contribution in [-0.2, 0) is 14.3 Å². The SMILES string of the molecule is COC(=O)C#Cc1cn(C2OC(CO)C(O)[C@@]2(C)O)c2ncnc(N)c12. The molecule has 1 saturated heterocycles. The smallest absolute Gasteiger partial charge is 0.384 e. The molecule has 138 valence electrons. The summed E-state index contributed by atoms with van der Waals surface area (Å²) in [5.41, 5.74) is 4.82. The second-order valence-electron chi connectivity index (χ2n) is 6.03. The van der Waals surface area contributed by atoms with E-state index in [-0.39, 0.29) is 5.82 Å². The summed E-state index contributed by atoms with van der Waals surface area (Å²) >= 11 is 0. The van der Waals surface area contributed by atoms with E-state index in [1.165, 1.54) is 31.1 Å². The number of nitrogens with zero attached hydrogens (tertiary/aromatic N) is 3. The molecule has 10 heteroatoms. The molecule has 0 bridgehead atoms. The Morgan fingerprint density at radius 1 is 1.54 bits per heavy atom. The highest BCUT2D eigenvalue weighted by molar-refractivity contribution is 5.95. The van der Waals surface area contributed by atoms with Gasteiger partial charge in [0.05, 0.1) is 24.7 Å². The van der Waals surface area contributed by atoms with Crippen molar-refractivity contribution in [2.45, 2.75) is 31.0 Å². The van der Waals surface area contributed by atoms with Crippen molar-refractivity contribution in [2.24, 2.45) is 0 Å². The third kappa shape index (κ3) is 2.77. The lowest BCUT2D eigenvalue weighted by atomic mass is 9.96. The van der Waals surface area contributed by atoms with E-state index in [1.807, 2.05) is 0 Å². The number of aliphatic hydroxyl groups is 3. The maximum Gasteiger partial charge on any atom is 0.384 e. The third-order valence-electron chi connectivity index (χ3n) is 4.31. The molecule has 1 fully saturated rings. The molecule has 0 aromatic carbocycles. The minimum Gasteiger partial charge on any atom is -0.459 e. The van der Waals surface area contributed by atoms with Gasteiger partial charge >= 0.3 is 5.97 Å². The predicted octanol–water partition coefficient (Wildman–Crippen LogP) is -1.46. The van der Waals surface area contributed by atoms with E-state index < -0.39 is 36.6 Å². The van der Waals surface area contributed by atoms with E-state index in [2.05, 4.69) is 26.5 Å². The van der Waals surface area contributed by atoms with Crippen LogP contribution in [-0.4, -0.2) is 67.3 Å². The number of fused-ring (bicyclic) bond motifs is 1. The van der Waals surface area contributed by atoms with Crippen molar-refractivity contribution in [1.29, 1.82) is 0 Å². The predicted molar refractivity (Wildman–Crippen MR) is 88.5 cm³/mol. The first-order valence-corrected chi connectivity index (χ1v) is 7.69. The second kappa shape index (κ2) is 6.54. The summed E-state index contributed by atoms with van der Waals surface area (Å²) in [6.45, 7) is 0.910. The standard InChI is InChI=1S/C16H18N4O6/c1-16(24)12(23)9(6-21)26-15(16)20-5-8(3-4-10(22)25-2)11-13(17)18-7-19-14(11)20/h5,7,9,12,15,21,23-24H,6H2,1-2H3,(H2,17,18,19)/t9?,12?,15?,16-/m1/s1. The summed E-state index contributed by atoms with van der Waals surface area (Å²) in [5.74, 6) is 4.32. The van der Waals surface area contributed by atoms with Gasteiger partial charge < -0.3 is 35.1 Å². The van der Waals surface area contributed by atoms with Crippen LogP contribution in [0.1, 0.15) is 18.7 Å². The van der Waals surface area contributed by atoms with Gasteiger partial charge in [-0.1, -0.05) is 5.92 Å². The van der Waals surface area contributed by atoms with Crippen LogP contribution in [0.15, 0.2) is 12.5 Å². The summed E-state index contributed by atoms with van der Waals surface area (Å²) in [6, 6.07) is 0. The maximum absolute atomic E-state index is 11.3. The molecular weight excluding hydrogens is 344 g/mol. The lowest BCUT2D eigenvalue weighted by Gasteiger charge is -2.27. The van der Waals surface area contributed by atoms with Crippen molar-refractivity contribution < 1.29 is 29.6 Å². The van der Waals surface area contributed by atoms with Crippen molar-refractivity contribution in [3.8, 4) is 11.8 Å². The number of esters is 1. The first kappa shape index (κ1) is 18.1. The highest BCUT2D eigenvalue weighted by Gasteiger charge is 2.53. The molecule has 2 aromatic heterocycles. The Morgan fingerprint density at radius 2 is 2.27 bits per heavy atom. The zero-order chi connectivity index (χ0) is 19.1. The molecule has 4 atom stereocenters. The molecule has 5 N–H and O–H groups in total. The maximum atomic E-state index is 11.3. The second-order valence-corrected chi connectivity index (χ2v) is 6.03. The molecule has 3 heterocycles. The molecule has 3 rings (SSSR count). The first-order chi connectivity index (χ1) is 12.3. The first-order valence-electron chi connectivity index (χ1n) is 7.69. The fourth-order valence-electron chi connectivity index (χ4n) is 2.94. The quantitative estimate of drug-likeness (QED) is 0.371. The molecule has 2 aromatic rings. The molecule has 0 saturated carbocycles. The van der Waals surface area contributed by atoms with E-state index in [4.69, 9.17) is 10.5 Å². The van der Waals surface area contributed by atoms with Crippen molar-refractivity contribution >= 4 is 22.8 Å². The molecule has 0 spiro atoms. The van der Waals surface area contributed by atoms with Crippen LogP contribution >= 0.6 is 0 Å². The molecule has 0 amide bonds. The number of aliphatic hydroxyl groups excluding tert-OH is 2. The number of anilines is 1. The van der Waals surface area contributed by atoms with Crippen molar-refractivity contribution in [2.75, 3.05) is 19.5 Å². The van der Waals surface area contributed by atoms with Gasteiger partial charge in [0, 0.05) is 12.1 Å². The van der Waals surface area contributed by atoms with Crippen LogP contribution in [0.3, 0.4) is 0 Å². The molecule has 0 aliphatic carbocycles. The summed E-state index contributed by atoms with van der Waals surface area (Å²) in [5, 5.41) is 30.6. The van der Waals surface area contributed by atoms with E-state index in [1.54, 1.807) is 0 Å². The van der Waals surface area contributed by atoms with Gasteiger partial charge in [-0.05, 0) is 6.92 Å². The van der Waals surface area contributed by atoms with Crippen LogP contribution in [0.2, 0.25) is 0 Å². The molecule has 0 radical (unpaired) electrons. The Hall–Kier alpha value is -2.71. The van der Waals surface area contributed by atoms with Crippen molar-refractivity contribution in [3.05, 3.63) is 18.1 Å². The number of hydrogen-bond acceptors (Lipinski definition) is 9. The van der Waals surface area contributed by atoms with Gasteiger partial charge in [0.15, 0.2) is 6.23 Å². The molecule has 1 aliphatic heterocycles. The van der Waals surface area contributed by atoms with Crippen molar-refractivity contribution in [1.82, 2.24) is 14.5 Å². The van der Waals surface area contributed by atoms with Gasteiger partial charge in [-0.3, -0.25) is 0 Å². The zero-order valence-electron chi connectivity index (χ0n) is 14.1. The molecule has 26 heavy (non-hydrogen) atoms. The lowest BCUT2D eigenvalue weighted by molar-refractivity contribution is -0.133. The number of carbonyl (C=O) groups excluding carboxylic acids is 1. The Kier molecular flexibility index (Phi) is 4.55. The Labute approximate surface area is 148 Å². The number of ether oxygens (including phenoxy) is 2. The minimum absolute atomic E-state index is 0.125. The Balaban J connectivity index is 2.17. The number of rotatable bonds is 2. The lowest BCUT2D eigenvalue weighted by Crippen LogP contribution is -2.44. The van der Waals surface area contributed by atoms with E-state index in [0.29, 0.717) is 16.6 Å². The Bertz CT molecular complexity index is 913. The highest BCUT2D eigenvalue weighted by Crippen LogP contribution is 2.40. The average molecular weight is 362 g/mol.